The molecule has 2 N–H and O–H groups in total. The van der Waals surface area contributed by atoms with Crippen LogP contribution in [0.5, 0.6) is 0 Å². The highest BCUT2D eigenvalue weighted by Crippen LogP contribution is 2.42. The molecule has 2 unspecified atom stereocenters. The van der Waals surface area contributed by atoms with E-state index in [2.05, 4.69) is 12.2 Å². The Morgan fingerprint density at radius 3 is 1.91 bits per heavy atom. The zero-order valence-electron chi connectivity index (χ0n) is 6.33. The molecule has 0 radical (unpaired) electrons. The fourth-order valence-electron chi connectivity index (χ4n) is 2.13. The van der Waals surface area contributed by atoms with Crippen LogP contribution in [0.1, 0.15) is 6.42 Å². The largest absolute Gasteiger partial charge is 0.392 e. The van der Waals surface area contributed by atoms with Crippen molar-refractivity contribution in [2.45, 2.75) is 6.42 Å². The molecule has 0 fully saturated rings. The topological polar surface area (TPSA) is 40.5 Å². The summed E-state index contributed by atoms with van der Waals surface area (Å²) in [4.78, 5) is 0. The molecule has 2 aliphatic rings. The Hall–Kier alpha value is -0.600. The summed E-state index contributed by atoms with van der Waals surface area (Å²) in [5, 5.41) is 18.0. The van der Waals surface area contributed by atoms with Crippen molar-refractivity contribution >= 4 is 0 Å². The van der Waals surface area contributed by atoms with Crippen molar-refractivity contribution < 1.29 is 10.2 Å². The summed E-state index contributed by atoms with van der Waals surface area (Å²) in [7, 11) is 0. The van der Waals surface area contributed by atoms with Gasteiger partial charge in [0.1, 0.15) is 0 Å². The molecule has 0 aliphatic heterocycles. The van der Waals surface area contributed by atoms with E-state index in [0.717, 1.165) is 17.6 Å². The van der Waals surface area contributed by atoms with Crippen LogP contribution in [0.4, 0.5) is 0 Å². The molecule has 60 valence electrons. The second kappa shape index (κ2) is 2.47. The average molecular weight is 152 g/mol. The van der Waals surface area contributed by atoms with Crippen LogP contribution in [0.15, 0.2) is 23.3 Å². The predicted octanol–water partition coefficient (Wildman–Crippen LogP) is 0.474. The van der Waals surface area contributed by atoms with Gasteiger partial charge in [-0.25, -0.2) is 0 Å². The summed E-state index contributed by atoms with van der Waals surface area (Å²) < 4.78 is 0. The lowest BCUT2D eigenvalue weighted by molar-refractivity contribution is 0.305. The monoisotopic (exact) mass is 152 g/mol. The molecule has 0 heterocycles. The Labute approximate surface area is 65.9 Å². The number of aliphatic hydroxyl groups is 2. The van der Waals surface area contributed by atoms with Crippen LogP contribution in [0.3, 0.4) is 0 Å². The van der Waals surface area contributed by atoms with Crippen LogP contribution in [0.25, 0.3) is 0 Å². The minimum absolute atomic E-state index is 0.113. The van der Waals surface area contributed by atoms with Crippen LogP contribution < -0.4 is 0 Å². The van der Waals surface area contributed by atoms with E-state index in [-0.39, 0.29) is 13.2 Å². The van der Waals surface area contributed by atoms with Gasteiger partial charge in [0.25, 0.3) is 0 Å². The molecule has 2 aliphatic carbocycles. The number of aliphatic hydroxyl groups excluding tert-OH is 2. The second-order valence-corrected chi connectivity index (χ2v) is 3.20. The molecule has 0 amide bonds. The van der Waals surface area contributed by atoms with E-state index in [9.17, 15) is 0 Å². The van der Waals surface area contributed by atoms with E-state index < -0.39 is 0 Å². The zero-order chi connectivity index (χ0) is 7.84. The predicted molar refractivity (Wildman–Crippen MR) is 41.9 cm³/mol. The lowest BCUT2D eigenvalue weighted by atomic mass is 9.98. The van der Waals surface area contributed by atoms with Gasteiger partial charge in [0.2, 0.25) is 0 Å². The molecule has 0 saturated heterocycles. The van der Waals surface area contributed by atoms with E-state index >= 15 is 0 Å². The number of fused-ring (bicyclic) bond motifs is 2. The van der Waals surface area contributed by atoms with Crippen molar-refractivity contribution in [3.63, 3.8) is 0 Å². The molecule has 2 rings (SSSR count). The van der Waals surface area contributed by atoms with Crippen LogP contribution in [-0.2, 0) is 0 Å². The molecule has 0 spiro atoms. The van der Waals surface area contributed by atoms with Crippen molar-refractivity contribution in [2.24, 2.45) is 11.8 Å². The normalized spacial score (nSPS) is 34.0. The molecular formula is C9H12O2. The molecule has 11 heavy (non-hydrogen) atoms. The third-order valence-electron chi connectivity index (χ3n) is 2.73. The van der Waals surface area contributed by atoms with E-state index in [4.69, 9.17) is 10.2 Å². The molecule has 0 saturated carbocycles. The van der Waals surface area contributed by atoms with Gasteiger partial charge in [-0.2, -0.15) is 0 Å². The number of rotatable bonds is 2. The summed E-state index contributed by atoms with van der Waals surface area (Å²) >= 11 is 0. The highest BCUT2D eigenvalue weighted by atomic mass is 16.3. The Bertz CT molecular complexity index is 206. The summed E-state index contributed by atoms with van der Waals surface area (Å²) in [6.07, 6.45) is 5.34. The fourth-order valence-corrected chi connectivity index (χ4v) is 2.13. The minimum atomic E-state index is 0.113. The molecular weight excluding hydrogens is 140 g/mol. The standard InChI is InChI=1S/C9H12O2/c10-4-8-6-1-2-7(3-6)9(8)5-11/h1-2,6-7,10-11H,3-5H2. The Kier molecular flexibility index (Phi) is 1.59. The maximum absolute atomic E-state index is 8.99. The summed E-state index contributed by atoms with van der Waals surface area (Å²) in [6.45, 7) is 0.225. The van der Waals surface area contributed by atoms with Crippen LogP contribution in [0.2, 0.25) is 0 Å². The first-order valence-electron chi connectivity index (χ1n) is 3.98. The molecule has 0 aromatic rings. The molecule has 0 aromatic carbocycles. The molecule has 2 heteroatoms. The van der Waals surface area contributed by atoms with Crippen molar-refractivity contribution in [3.05, 3.63) is 23.3 Å². The number of allylic oxidation sites excluding steroid dienone is 2. The number of hydrogen-bond acceptors (Lipinski definition) is 2. The SMILES string of the molecule is OCC1=C(CO)C2C=CC1C2. The van der Waals surface area contributed by atoms with Gasteiger partial charge >= 0.3 is 0 Å². The Balaban J connectivity index is 2.30. The van der Waals surface area contributed by atoms with Gasteiger partial charge in [-0.15, -0.1) is 0 Å². The summed E-state index contributed by atoms with van der Waals surface area (Å²) in [5.74, 6) is 0.847. The minimum Gasteiger partial charge on any atom is -0.392 e. The van der Waals surface area contributed by atoms with Crippen molar-refractivity contribution in [1.29, 1.82) is 0 Å². The second-order valence-electron chi connectivity index (χ2n) is 3.20. The van der Waals surface area contributed by atoms with Crippen LogP contribution in [0, 0.1) is 11.8 Å². The Morgan fingerprint density at radius 1 is 1.09 bits per heavy atom. The third-order valence-corrected chi connectivity index (χ3v) is 2.73. The molecule has 0 aromatic heterocycles. The Morgan fingerprint density at radius 2 is 1.55 bits per heavy atom. The first kappa shape index (κ1) is 7.07. The van der Waals surface area contributed by atoms with Crippen molar-refractivity contribution in [1.82, 2.24) is 0 Å². The zero-order valence-corrected chi connectivity index (χ0v) is 6.33. The highest BCUT2D eigenvalue weighted by Gasteiger charge is 2.33. The molecule has 2 atom stereocenters. The van der Waals surface area contributed by atoms with Crippen LogP contribution >= 0.6 is 0 Å². The quantitative estimate of drug-likeness (QED) is 0.565. The van der Waals surface area contributed by atoms with Gasteiger partial charge in [-0.1, -0.05) is 12.2 Å². The van der Waals surface area contributed by atoms with Gasteiger partial charge < -0.3 is 10.2 Å². The maximum Gasteiger partial charge on any atom is 0.0651 e. The first-order valence-corrected chi connectivity index (χ1v) is 3.98. The molecule has 2 bridgehead atoms. The van der Waals surface area contributed by atoms with E-state index in [1.165, 1.54) is 0 Å². The summed E-state index contributed by atoms with van der Waals surface area (Å²) in [6, 6.07) is 0. The smallest absolute Gasteiger partial charge is 0.0651 e. The van der Waals surface area contributed by atoms with E-state index in [1.807, 2.05) is 0 Å². The molecule has 2 nitrogen and oxygen atoms in total. The van der Waals surface area contributed by atoms with Crippen LogP contribution in [-0.4, -0.2) is 23.4 Å². The summed E-state index contributed by atoms with van der Waals surface area (Å²) in [5.41, 5.74) is 2.11. The van der Waals surface area contributed by atoms with Gasteiger partial charge in [0, 0.05) is 11.8 Å². The lowest BCUT2D eigenvalue weighted by Crippen LogP contribution is -2.05. The average Bonchev–Trinajstić information content (AvgIpc) is 2.60. The van der Waals surface area contributed by atoms with Gasteiger partial charge in [0.05, 0.1) is 13.2 Å². The lowest BCUT2D eigenvalue weighted by Gasteiger charge is -2.11. The third kappa shape index (κ3) is 0.865. The van der Waals surface area contributed by atoms with Gasteiger partial charge in [-0.05, 0) is 17.6 Å². The fraction of sp³-hybridized carbons (Fsp3) is 0.556. The highest BCUT2D eigenvalue weighted by molar-refractivity contribution is 5.37. The van der Waals surface area contributed by atoms with Crippen molar-refractivity contribution in [3.8, 4) is 0 Å². The van der Waals surface area contributed by atoms with Gasteiger partial charge in [0.15, 0.2) is 0 Å². The van der Waals surface area contributed by atoms with Crippen molar-refractivity contribution in [2.75, 3.05) is 13.2 Å². The maximum atomic E-state index is 8.99. The van der Waals surface area contributed by atoms with E-state index in [0.29, 0.717) is 11.8 Å². The number of hydrogen-bond donors (Lipinski definition) is 2. The van der Waals surface area contributed by atoms with E-state index in [1.54, 1.807) is 0 Å². The first-order chi connectivity index (χ1) is 5.36. The van der Waals surface area contributed by atoms with Gasteiger partial charge in [-0.3, -0.25) is 0 Å².